The smallest absolute Gasteiger partial charge is 0.152 e. The van der Waals surface area contributed by atoms with Crippen molar-refractivity contribution in [1.82, 2.24) is 0 Å². The van der Waals surface area contributed by atoms with Gasteiger partial charge in [-0.1, -0.05) is 6.92 Å². The van der Waals surface area contributed by atoms with Crippen LogP contribution in [0.2, 0.25) is 0 Å². The lowest BCUT2D eigenvalue weighted by Crippen LogP contribution is -2.20. The molecular formula is C8H16O3S. The van der Waals surface area contributed by atoms with E-state index in [-0.39, 0.29) is 23.5 Å². The third-order valence-corrected chi connectivity index (χ3v) is 4.91. The van der Waals surface area contributed by atoms with E-state index in [2.05, 4.69) is 0 Å². The summed E-state index contributed by atoms with van der Waals surface area (Å²) in [6.45, 7) is 1.82. The molecule has 1 aliphatic rings. The van der Waals surface area contributed by atoms with Crippen molar-refractivity contribution in [3.63, 3.8) is 0 Å². The molecule has 0 heterocycles. The molecule has 1 fully saturated rings. The first kappa shape index (κ1) is 9.99. The minimum atomic E-state index is -2.85. The number of aliphatic hydroxyl groups excluding tert-OH is 1. The summed E-state index contributed by atoms with van der Waals surface area (Å²) >= 11 is 0. The summed E-state index contributed by atoms with van der Waals surface area (Å²) in [6, 6.07) is 0. The zero-order chi connectivity index (χ0) is 9.19. The minimum absolute atomic E-state index is 0.135. The fourth-order valence-electron chi connectivity index (χ4n) is 1.76. The van der Waals surface area contributed by atoms with Crippen molar-refractivity contribution in [3.8, 4) is 0 Å². The molecule has 0 aromatic rings. The SMILES string of the molecule is CCS(=O)(=O)[C@@H]1CC[C@H](CO)C1. The fraction of sp³-hybridized carbons (Fsp3) is 1.00. The highest BCUT2D eigenvalue weighted by molar-refractivity contribution is 7.92. The molecular weight excluding hydrogens is 176 g/mol. The van der Waals surface area contributed by atoms with Gasteiger partial charge in [-0.3, -0.25) is 0 Å². The van der Waals surface area contributed by atoms with Crippen molar-refractivity contribution in [2.24, 2.45) is 5.92 Å². The maximum absolute atomic E-state index is 11.4. The van der Waals surface area contributed by atoms with Gasteiger partial charge in [0.25, 0.3) is 0 Å². The summed E-state index contributed by atoms with van der Waals surface area (Å²) in [6.07, 6.45) is 2.26. The van der Waals surface area contributed by atoms with Gasteiger partial charge in [0.1, 0.15) is 0 Å². The fourth-order valence-corrected chi connectivity index (χ4v) is 3.29. The van der Waals surface area contributed by atoms with Crippen LogP contribution in [0.15, 0.2) is 0 Å². The molecule has 1 rings (SSSR count). The van der Waals surface area contributed by atoms with E-state index >= 15 is 0 Å². The first-order valence-corrected chi connectivity index (χ1v) is 6.14. The van der Waals surface area contributed by atoms with Crippen LogP contribution in [-0.4, -0.2) is 31.1 Å². The lowest BCUT2D eigenvalue weighted by Gasteiger charge is -2.08. The van der Waals surface area contributed by atoms with E-state index in [4.69, 9.17) is 5.11 Å². The summed E-state index contributed by atoms with van der Waals surface area (Å²) in [5, 5.41) is 8.65. The predicted octanol–water partition coefficient (Wildman–Crippen LogP) is 0.582. The Morgan fingerprint density at radius 1 is 1.42 bits per heavy atom. The van der Waals surface area contributed by atoms with E-state index < -0.39 is 9.84 Å². The highest BCUT2D eigenvalue weighted by atomic mass is 32.2. The van der Waals surface area contributed by atoms with E-state index in [1.54, 1.807) is 6.92 Å². The number of rotatable bonds is 3. The quantitative estimate of drug-likeness (QED) is 0.711. The number of aliphatic hydroxyl groups is 1. The molecule has 4 heteroatoms. The van der Waals surface area contributed by atoms with Gasteiger partial charge in [0.2, 0.25) is 0 Å². The Labute approximate surface area is 73.7 Å². The van der Waals surface area contributed by atoms with Gasteiger partial charge in [-0.05, 0) is 25.2 Å². The molecule has 2 atom stereocenters. The molecule has 0 bridgehead atoms. The van der Waals surface area contributed by atoms with Crippen molar-refractivity contribution in [1.29, 1.82) is 0 Å². The Morgan fingerprint density at radius 2 is 2.08 bits per heavy atom. The summed E-state index contributed by atoms with van der Waals surface area (Å²) in [4.78, 5) is 0. The molecule has 12 heavy (non-hydrogen) atoms. The van der Waals surface area contributed by atoms with Gasteiger partial charge in [-0.2, -0.15) is 0 Å². The van der Waals surface area contributed by atoms with Gasteiger partial charge < -0.3 is 5.11 Å². The van der Waals surface area contributed by atoms with Crippen molar-refractivity contribution in [3.05, 3.63) is 0 Å². The Bertz CT molecular complexity index is 233. The van der Waals surface area contributed by atoms with Crippen molar-refractivity contribution in [2.75, 3.05) is 12.4 Å². The zero-order valence-corrected chi connectivity index (χ0v) is 8.18. The molecule has 0 amide bonds. The van der Waals surface area contributed by atoms with Crippen LogP contribution in [0, 0.1) is 5.92 Å². The van der Waals surface area contributed by atoms with E-state index in [9.17, 15) is 8.42 Å². The molecule has 1 saturated carbocycles. The van der Waals surface area contributed by atoms with Gasteiger partial charge in [-0.25, -0.2) is 8.42 Å². The number of sulfone groups is 1. The van der Waals surface area contributed by atoms with Gasteiger partial charge in [0, 0.05) is 12.4 Å². The predicted molar refractivity (Wildman–Crippen MR) is 47.7 cm³/mol. The van der Waals surface area contributed by atoms with Crippen LogP contribution in [0.3, 0.4) is 0 Å². The van der Waals surface area contributed by atoms with E-state index in [1.165, 1.54) is 0 Å². The number of hydrogen-bond acceptors (Lipinski definition) is 3. The lowest BCUT2D eigenvalue weighted by molar-refractivity contribution is 0.230. The molecule has 0 aromatic heterocycles. The highest BCUT2D eigenvalue weighted by Crippen LogP contribution is 2.30. The summed E-state index contributed by atoms with van der Waals surface area (Å²) in [5.74, 6) is 0.451. The second-order valence-electron chi connectivity index (χ2n) is 3.44. The van der Waals surface area contributed by atoms with Gasteiger partial charge in [0.15, 0.2) is 9.84 Å². The Kier molecular flexibility index (Phi) is 3.12. The topological polar surface area (TPSA) is 54.4 Å². The van der Waals surface area contributed by atoms with Crippen molar-refractivity contribution < 1.29 is 13.5 Å². The summed E-state index contributed by atoms with van der Waals surface area (Å²) in [7, 11) is -2.85. The first-order chi connectivity index (χ1) is 5.60. The first-order valence-electron chi connectivity index (χ1n) is 4.42. The van der Waals surface area contributed by atoms with Gasteiger partial charge in [0.05, 0.1) is 5.25 Å². The normalized spacial score (nSPS) is 30.8. The second kappa shape index (κ2) is 3.75. The maximum atomic E-state index is 11.4. The molecule has 72 valence electrons. The Balaban J connectivity index is 2.58. The molecule has 3 nitrogen and oxygen atoms in total. The van der Waals surface area contributed by atoms with Gasteiger partial charge >= 0.3 is 0 Å². The largest absolute Gasteiger partial charge is 0.396 e. The van der Waals surface area contributed by atoms with Crippen LogP contribution in [-0.2, 0) is 9.84 Å². The number of hydrogen-bond donors (Lipinski definition) is 1. The average molecular weight is 192 g/mol. The third-order valence-electron chi connectivity index (χ3n) is 2.66. The van der Waals surface area contributed by atoms with Crippen LogP contribution < -0.4 is 0 Å². The average Bonchev–Trinajstić information content (AvgIpc) is 2.52. The molecule has 0 spiro atoms. The molecule has 0 radical (unpaired) electrons. The Morgan fingerprint density at radius 3 is 2.50 bits per heavy atom. The molecule has 0 unspecified atom stereocenters. The van der Waals surface area contributed by atoms with E-state index in [0.717, 1.165) is 12.8 Å². The maximum Gasteiger partial charge on any atom is 0.152 e. The molecule has 1 aliphatic carbocycles. The van der Waals surface area contributed by atoms with Crippen LogP contribution >= 0.6 is 0 Å². The van der Waals surface area contributed by atoms with Crippen LogP contribution in [0.25, 0.3) is 0 Å². The van der Waals surface area contributed by atoms with Gasteiger partial charge in [-0.15, -0.1) is 0 Å². The molecule has 0 saturated heterocycles. The summed E-state index contributed by atoms with van der Waals surface area (Å²) < 4.78 is 22.8. The molecule has 0 aromatic carbocycles. The lowest BCUT2D eigenvalue weighted by atomic mass is 10.1. The van der Waals surface area contributed by atoms with Crippen molar-refractivity contribution >= 4 is 9.84 Å². The standard InChI is InChI=1S/C8H16O3S/c1-2-12(10,11)8-4-3-7(5-8)6-9/h7-9H,2-6H2,1H3/t7-,8+/m0/s1. The van der Waals surface area contributed by atoms with Crippen LogP contribution in [0.4, 0.5) is 0 Å². The van der Waals surface area contributed by atoms with Crippen molar-refractivity contribution in [2.45, 2.75) is 31.4 Å². The summed E-state index contributed by atoms with van der Waals surface area (Å²) in [5.41, 5.74) is 0. The third kappa shape index (κ3) is 1.98. The molecule has 0 aliphatic heterocycles. The highest BCUT2D eigenvalue weighted by Gasteiger charge is 2.32. The zero-order valence-electron chi connectivity index (χ0n) is 7.36. The monoisotopic (exact) mass is 192 g/mol. The molecule has 1 N–H and O–H groups in total. The van der Waals surface area contributed by atoms with Crippen LogP contribution in [0.5, 0.6) is 0 Å². The van der Waals surface area contributed by atoms with Crippen LogP contribution in [0.1, 0.15) is 26.2 Å². The Hall–Kier alpha value is -0.0900. The van der Waals surface area contributed by atoms with E-state index in [1.807, 2.05) is 0 Å². The minimum Gasteiger partial charge on any atom is -0.396 e. The van der Waals surface area contributed by atoms with E-state index in [0.29, 0.717) is 6.42 Å². The second-order valence-corrected chi connectivity index (χ2v) is 6.00.